The Morgan fingerprint density at radius 3 is 2.50 bits per heavy atom. The topological polar surface area (TPSA) is 17.1 Å². The minimum absolute atomic E-state index is 0.310. The third-order valence-corrected chi connectivity index (χ3v) is 4.58. The lowest BCUT2D eigenvalue weighted by atomic mass is 10.00. The maximum atomic E-state index is 11.1. The molecule has 0 aromatic heterocycles. The molecule has 3 heteroatoms. The molecule has 0 bridgehead atoms. The van der Waals surface area contributed by atoms with Crippen LogP contribution in [-0.4, -0.2) is 22.9 Å². The SMILES string of the molecule is CSC(SC)C1=CC(=O)CCC1. The zero-order chi connectivity index (χ0) is 8.97. The third kappa shape index (κ3) is 2.56. The summed E-state index contributed by atoms with van der Waals surface area (Å²) in [7, 11) is 0. The number of thioether (sulfide) groups is 2. The van der Waals surface area contributed by atoms with Crippen molar-refractivity contribution in [1.29, 1.82) is 0 Å². The van der Waals surface area contributed by atoms with Crippen LogP contribution in [0.3, 0.4) is 0 Å². The number of carbonyl (C=O) groups excluding carboxylic acids is 1. The monoisotopic (exact) mass is 202 g/mol. The minimum atomic E-state index is 0.310. The molecule has 0 aliphatic heterocycles. The van der Waals surface area contributed by atoms with Gasteiger partial charge in [0.2, 0.25) is 0 Å². The van der Waals surface area contributed by atoms with Gasteiger partial charge in [-0.3, -0.25) is 4.79 Å². The van der Waals surface area contributed by atoms with E-state index >= 15 is 0 Å². The van der Waals surface area contributed by atoms with Gasteiger partial charge in [-0.2, -0.15) is 0 Å². The molecule has 1 nitrogen and oxygen atoms in total. The molecule has 0 fully saturated rings. The van der Waals surface area contributed by atoms with Crippen molar-refractivity contribution in [2.45, 2.75) is 23.8 Å². The zero-order valence-corrected chi connectivity index (χ0v) is 9.13. The molecule has 1 aliphatic carbocycles. The summed E-state index contributed by atoms with van der Waals surface area (Å²) in [6.45, 7) is 0. The molecule has 0 saturated heterocycles. The second kappa shape index (κ2) is 4.97. The first-order valence-corrected chi connectivity index (χ1v) is 6.64. The van der Waals surface area contributed by atoms with E-state index in [-0.39, 0.29) is 0 Å². The van der Waals surface area contributed by atoms with Crippen molar-refractivity contribution in [3.63, 3.8) is 0 Å². The summed E-state index contributed by atoms with van der Waals surface area (Å²) in [6.07, 6.45) is 8.95. The Hall–Kier alpha value is 0.110. The van der Waals surface area contributed by atoms with Gasteiger partial charge in [-0.25, -0.2) is 0 Å². The van der Waals surface area contributed by atoms with Gasteiger partial charge in [0, 0.05) is 6.42 Å². The normalized spacial score (nSPS) is 18.2. The van der Waals surface area contributed by atoms with E-state index in [1.165, 1.54) is 5.57 Å². The van der Waals surface area contributed by atoms with Crippen molar-refractivity contribution in [3.05, 3.63) is 11.6 Å². The Labute approximate surface area is 82.4 Å². The van der Waals surface area contributed by atoms with Crippen molar-refractivity contribution in [2.24, 2.45) is 0 Å². The quantitative estimate of drug-likeness (QED) is 0.655. The van der Waals surface area contributed by atoms with Gasteiger partial charge >= 0.3 is 0 Å². The Balaban J connectivity index is 2.65. The van der Waals surface area contributed by atoms with E-state index < -0.39 is 0 Å². The van der Waals surface area contributed by atoms with Gasteiger partial charge in [-0.1, -0.05) is 0 Å². The molecule has 0 amide bonds. The highest BCUT2D eigenvalue weighted by Gasteiger charge is 2.16. The molecule has 0 atom stereocenters. The highest BCUT2D eigenvalue weighted by molar-refractivity contribution is 8.16. The molecule has 0 saturated carbocycles. The second-order valence-corrected chi connectivity index (χ2v) is 5.03. The average Bonchev–Trinajstić information content (AvgIpc) is 2.07. The predicted octanol–water partition coefficient (Wildman–Crippen LogP) is 2.72. The van der Waals surface area contributed by atoms with E-state index in [2.05, 4.69) is 12.5 Å². The van der Waals surface area contributed by atoms with E-state index in [9.17, 15) is 4.79 Å². The highest BCUT2D eigenvalue weighted by atomic mass is 32.2. The molecule has 12 heavy (non-hydrogen) atoms. The Morgan fingerprint density at radius 1 is 1.33 bits per heavy atom. The molecule has 1 aliphatic rings. The molecular formula is C9H14OS2. The van der Waals surface area contributed by atoms with Crippen molar-refractivity contribution in [1.82, 2.24) is 0 Å². The fraction of sp³-hybridized carbons (Fsp3) is 0.667. The largest absolute Gasteiger partial charge is 0.295 e. The smallest absolute Gasteiger partial charge is 0.155 e. The lowest BCUT2D eigenvalue weighted by molar-refractivity contribution is -0.115. The van der Waals surface area contributed by atoms with Crippen molar-refractivity contribution < 1.29 is 4.79 Å². The summed E-state index contributed by atoms with van der Waals surface area (Å²) in [5, 5.41) is 0. The summed E-state index contributed by atoms with van der Waals surface area (Å²) in [4.78, 5) is 11.1. The van der Waals surface area contributed by atoms with Crippen LogP contribution in [0.5, 0.6) is 0 Å². The van der Waals surface area contributed by atoms with Crippen LogP contribution >= 0.6 is 23.5 Å². The number of carbonyl (C=O) groups is 1. The lowest BCUT2D eigenvalue weighted by Crippen LogP contribution is -2.09. The Kier molecular flexibility index (Phi) is 4.22. The zero-order valence-electron chi connectivity index (χ0n) is 7.50. The number of rotatable bonds is 3. The summed E-state index contributed by atoms with van der Waals surface area (Å²) in [5.74, 6) is 0.310. The molecular weight excluding hydrogens is 188 g/mol. The molecule has 0 heterocycles. The van der Waals surface area contributed by atoms with Crippen LogP contribution in [0.2, 0.25) is 0 Å². The molecule has 0 aromatic carbocycles. The molecule has 0 N–H and O–H groups in total. The predicted molar refractivity (Wildman–Crippen MR) is 57.8 cm³/mol. The van der Waals surface area contributed by atoms with E-state index in [1.54, 1.807) is 0 Å². The molecule has 0 spiro atoms. The second-order valence-electron chi connectivity index (χ2n) is 2.84. The van der Waals surface area contributed by atoms with Gasteiger partial charge in [0.1, 0.15) is 0 Å². The first-order chi connectivity index (χ1) is 5.77. The first kappa shape index (κ1) is 10.2. The van der Waals surface area contributed by atoms with Crippen molar-refractivity contribution >= 4 is 29.3 Å². The van der Waals surface area contributed by atoms with Crippen molar-refractivity contribution in [3.8, 4) is 0 Å². The van der Waals surface area contributed by atoms with E-state index in [1.807, 2.05) is 29.6 Å². The van der Waals surface area contributed by atoms with Gasteiger partial charge in [-0.05, 0) is 37.0 Å². The number of hydrogen-bond acceptors (Lipinski definition) is 3. The number of allylic oxidation sites excluding steroid dienone is 1. The van der Waals surface area contributed by atoms with E-state index in [0.29, 0.717) is 10.4 Å². The van der Waals surface area contributed by atoms with Crippen LogP contribution < -0.4 is 0 Å². The molecule has 0 unspecified atom stereocenters. The molecule has 1 rings (SSSR count). The van der Waals surface area contributed by atoms with Gasteiger partial charge in [-0.15, -0.1) is 23.5 Å². The standard InChI is InChI=1S/C9H14OS2/c1-11-9(12-2)7-4-3-5-8(10)6-7/h6,9H,3-5H2,1-2H3. The van der Waals surface area contributed by atoms with Crippen molar-refractivity contribution in [2.75, 3.05) is 12.5 Å². The maximum Gasteiger partial charge on any atom is 0.155 e. The van der Waals surface area contributed by atoms with Crippen LogP contribution in [0.4, 0.5) is 0 Å². The van der Waals surface area contributed by atoms with E-state index in [0.717, 1.165) is 19.3 Å². The van der Waals surface area contributed by atoms with Crippen LogP contribution in [0, 0.1) is 0 Å². The maximum absolute atomic E-state index is 11.1. The Morgan fingerprint density at radius 2 is 2.00 bits per heavy atom. The van der Waals surface area contributed by atoms with E-state index in [4.69, 9.17) is 0 Å². The first-order valence-electron chi connectivity index (χ1n) is 4.07. The third-order valence-electron chi connectivity index (χ3n) is 1.97. The van der Waals surface area contributed by atoms with Crippen LogP contribution in [0.15, 0.2) is 11.6 Å². The summed E-state index contributed by atoms with van der Waals surface area (Å²) in [5.41, 5.74) is 1.33. The van der Waals surface area contributed by atoms with Gasteiger partial charge in [0.05, 0.1) is 4.58 Å². The number of ketones is 1. The fourth-order valence-corrected chi connectivity index (χ4v) is 3.15. The average molecular weight is 202 g/mol. The number of hydrogen-bond donors (Lipinski definition) is 0. The van der Waals surface area contributed by atoms with Gasteiger partial charge in [0.25, 0.3) is 0 Å². The minimum Gasteiger partial charge on any atom is -0.295 e. The molecule has 68 valence electrons. The van der Waals surface area contributed by atoms with Crippen LogP contribution in [0.1, 0.15) is 19.3 Å². The van der Waals surface area contributed by atoms with Crippen LogP contribution in [-0.2, 0) is 4.79 Å². The summed E-state index contributed by atoms with van der Waals surface area (Å²) < 4.78 is 0.495. The molecule has 0 radical (unpaired) electrons. The molecule has 0 aromatic rings. The van der Waals surface area contributed by atoms with Crippen LogP contribution in [0.25, 0.3) is 0 Å². The van der Waals surface area contributed by atoms with Gasteiger partial charge < -0.3 is 0 Å². The summed E-state index contributed by atoms with van der Waals surface area (Å²) in [6, 6.07) is 0. The highest BCUT2D eigenvalue weighted by Crippen LogP contribution is 2.31. The Bertz CT molecular complexity index is 195. The lowest BCUT2D eigenvalue weighted by Gasteiger charge is -2.18. The summed E-state index contributed by atoms with van der Waals surface area (Å²) >= 11 is 3.64. The fourth-order valence-electron chi connectivity index (χ4n) is 1.40. The van der Waals surface area contributed by atoms with Gasteiger partial charge in [0.15, 0.2) is 5.78 Å².